The van der Waals surface area contributed by atoms with Crippen molar-refractivity contribution in [1.82, 2.24) is 19.4 Å². The minimum atomic E-state index is -4.74. The van der Waals surface area contributed by atoms with Crippen LogP contribution in [0.4, 0.5) is 13.2 Å². The van der Waals surface area contributed by atoms with E-state index in [0.29, 0.717) is 35.8 Å². The third-order valence-corrected chi connectivity index (χ3v) is 6.83. The minimum absolute atomic E-state index is 0.0283. The lowest BCUT2D eigenvalue weighted by atomic mass is 10.0. The smallest absolute Gasteiger partial charge is 0.406 e. The molecule has 2 aromatic carbocycles. The average molecular weight is 493 g/mol. The Morgan fingerprint density at radius 2 is 1.81 bits per heavy atom. The molecular weight excluding hydrogens is 469 g/mol. The molecule has 1 atom stereocenters. The number of alkyl halides is 3. The Morgan fingerprint density at radius 3 is 2.50 bits per heavy atom. The number of nitrogens with zero attached hydrogens (tertiary/aromatic N) is 4. The number of likely N-dealkylation sites (tertiary alicyclic amines) is 1. The molecule has 0 N–H and O–H groups in total. The molecule has 2 aromatic heterocycles. The van der Waals surface area contributed by atoms with Gasteiger partial charge >= 0.3 is 6.36 Å². The van der Waals surface area contributed by atoms with Crippen molar-refractivity contribution in [1.29, 1.82) is 0 Å². The largest absolute Gasteiger partial charge is 0.573 e. The summed E-state index contributed by atoms with van der Waals surface area (Å²) in [5.41, 5.74) is 3.93. The van der Waals surface area contributed by atoms with E-state index in [1.807, 2.05) is 39.9 Å². The third-order valence-electron chi connectivity index (χ3n) is 6.83. The lowest BCUT2D eigenvalue weighted by Gasteiger charge is -2.17. The fourth-order valence-electron chi connectivity index (χ4n) is 4.93. The Balaban J connectivity index is 1.28. The summed E-state index contributed by atoms with van der Waals surface area (Å²) in [5, 5.41) is 0. The number of benzene rings is 2. The second-order valence-corrected chi connectivity index (χ2v) is 9.35. The van der Waals surface area contributed by atoms with Crippen LogP contribution >= 0.6 is 0 Å². The summed E-state index contributed by atoms with van der Waals surface area (Å²) in [6.07, 6.45) is 1.78. The molecule has 0 bridgehead atoms. The number of fused-ring (bicyclic) bond motifs is 1. The van der Waals surface area contributed by atoms with E-state index >= 15 is 0 Å². The lowest BCUT2D eigenvalue weighted by molar-refractivity contribution is -0.274. The highest BCUT2D eigenvalue weighted by molar-refractivity contribution is 5.98. The fourth-order valence-corrected chi connectivity index (χ4v) is 4.93. The van der Waals surface area contributed by atoms with E-state index in [2.05, 4.69) is 9.72 Å². The zero-order valence-corrected chi connectivity index (χ0v) is 19.3. The minimum Gasteiger partial charge on any atom is -0.406 e. The highest BCUT2D eigenvalue weighted by Gasteiger charge is 2.33. The van der Waals surface area contributed by atoms with Crippen LogP contribution in [0.25, 0.3) is 16.7 Å². The van der Waals surface area contributed by atoms with Gasteiger partial charge in [-0.05, 0) is 73.4 Å². The Hall–Kier alpha value is -3.88. The van der Waals surface area contributed by atoms with Gasteiger partial charge in [0.2, 0.25) is 0 Å². The third kappa shape index (κ3) is 4.41. The van der Waals surface area contributed by atoms with Crippen molar-refractivity contribution in [2.45, 2.75) is 37.5 Å². The van der Waals surface area contributed by atoms with Crippen LogP contribution in [-0.4, -0.2) is 44.8 Å². The summed E-state index contributed by atoms with van der Waals surface area (Å²) < 4.78 is 43.6. The van der Waals surface area contributed by atoms with Gasteiger partial charge < -0.3 is 9.64 Å². The van der Waals surface area contributed by atoms with Crippen molar-refractivity contribution < 1.29 is 22.7 Å². The number of hydrogen-bond donors (Lipinski definition) is 0. The molecule has 0 spiro atoms. The van der Waals surface area contributed by atoms with Crippen LogP contribution in [-0.2, 0) is 0 Å². The molecule has 1 saturated carbocycles. The molecule has 6 nitrogen and oxygen atoms in total. The molecule has 1 unspecified atom stereocenters. The van der Waals surface area contributed by atoms with Crippen molar-refractivity contribution in [3.8, 4) is 11.4 Å². The summed E-state index contributed by atoms with van der Waals surface area (Å²) in [6, 6.07) is 15.2. The molecular formula is C27H23F3N4O2. The number of carbonyl (C=O) groups excluding carboxylic acids is 1. The second kappa shape index (κ2) is 8.65. The van der Waals surface area contributed by atoms with E-state index in [-0.39, 0.29) is 17.6 Å². The Morgan fingerprint density at radius 1 is 1.00 bits per heavy atom. The van der Waals surface area contributed by atoms with Crippen molar-refractivity contribution in [3.63, 3.8) is 0 Å². The first-order valence-electron chi connectivity index (χ1n) is 11.9. The van der Waals surface area contributed by atoms with Gasteiger partial charge in [-0.1, -0.05) is 6.07 Å². The van der Waals surface area contributed by atoms with Crippen LogP contribution in [0, 0.1) is 0 Å². The van der Waals surface area contributed by atoms with Gasteiger partial charge in [0.1, 0.15) is 11.6 Å². The Labute approximate surface area is 205 Å². The molecule has 1 saturated heterocycles. The molecule has 9 heteroatoms. The van der Waals surface area contributed by atoms with Crippen LogP contribution < -0.4 is 4.74 Å². The molecule has 1 aliphatic heterocycles. The van der Waals surface area contributed by atoms with Gasteiger partial charge in [0, 0.05) is 48.6 Å². The van der Waals surface area contributed by atoms with Crippen molar-refractivity contribution in [2.24, 2.45) is 0 Å². The zero-order valence-electron chi connectivity index (χ0n) is 19.3. The Kier molecular flexibility index (Phi) is 5.43. The van der Waals surface area contributed by atoms with Gasteiger partial charge in [0.05, 0.1) is 11.0 Å². The number of hydrogen-bond acceptors (Lipinski definition) is 4. The van der Waals surface area contributed by atoms with Gasteiger partial charge in [-0.2, -0.15) is 0 Å². The number of aromatic nitrogens is 3. The predicted octanol–water partition coefficient (Wildman–Crippen LogP) is 5.83. The molecule has 0 radical (unpaired) electrons. The molecule has 2 fully saturated rings. The monoisotopic (exact) mass is 492 g/mol. The van der Waals surface area contributed by atoms with Gasteiger partial charge in [-0.3, -0.25) is 14.3 Å². The standard InChI is InChI=1S/C27H23F3N4O2/c28-27(29,30)36-22-8-6-21(7-9-22)34-24-10-5-18(14-23(24)32-25(34)17-3-4-17)26(35)33-13-11-20(16-33)19-2-1-12-31-15-19/h1-2,5-10,12,14-15,17,20H,3-4,11,13,16H2. The molecule has 6 rings (SSSR count). The molecule has 4 aromatic rings. The number of rotatable bonds is 5. The maximum atomic E-state index is 13.3. The van der Waals surface area contributed by atoms with Crippen LogP contribution in [0.15, 0.2) is 67.0 Å². The maximum Gasteiger partial charge on any atom is 0.573 e. The van der Waals surface area contributed by atoms with E-state index in [1.54, 1.807) is 24.4 Å². The summed E-state index contributed by atoms with van der Waals surface area (Å²) in [4.78, 5) is 24.2. The van der Waals surface area contributed by atoms with Gasteiger partial charge in [0.25, 0.3) is 5.91 Å². The van der Waals surface area contributed by atoms with E-state index in [4.69, 9.17) is 4.98 Å². The fraction of sp³-hybridized carbons (Fsp3) is 0.296. The summed E-state index contributed by atoms with van der Waals surface area (Å²) in [6.45, 7) is 1.33. The predicted molar refractivity (Wildman–Crippen MR) is 127 cm³/mol. The summed E-state index contributed by atoms with van der Waals surface area (Å²) in [5.74, 6) is 1.13. The van der Waals surface area contributed by atoms with Crippen LogP contribution in [0.2, 0.25) is 0 Å². The first-order chi connectivity index (χ1) is 17.4. The van der Waals surface area contributed by atoms with Crippen molar-refractivity contribution in [2.75, 3.05) is 13.1 Å². The number of halogens is 3. The molecule has 1 amide bonds. The van der Waals surface area contributed by atoms with Crippen LogP contribution in [0.5, 0.6) is 5.75 Å². The summed E-state index contributed by atoms with van der Waals surface area (Å²) >= 11 is 0. The number of pyridine rings is 1. The van der Waals surface area contributed by atoms with Gasteiger partial charge in [-0.15, -0.1) is 13.2 Å². The van der Waals surface area contributed by atoms with Gasteiger partial charge in [-0.25, -0.2) is 4.98 Å². The second-order valence-electron chi connectivity index (χ2n) is 9.35. The van der Waals surface area contributed by atoms with Crippen molar-refractivity contribution >= 4 is 16.9 Å². The molecule has 3 heterocycles. The number of carbonyl (C=O) groups is 1. The highest BCUT2D eigenvalue weighted by atomic mass is 19.4. The number of imidazole rings is 1. The van der Waals surface area contributed by atoms with Crippen LogP contribution in [0.1, 0.15) is 52.8 Å². The first kappa shape index (κ1) is 22.6. The quantitative estimate of drug-likeness (QED) is 0.352. The number of amides is 1. The Bertz CT molecular complexity index is 1410. The summed E-state index contributed by atoms with van der Waals surface area (Å²) in [7, 11) is 0. The first-order valence-corrected chi connectivity index (χ1v) is 11.9. The van der Waals surface area contributed by atoms with Gasteiger partial charge in [0.15, 0.2) is 0 Å². The van der Waals surface area contributed by atoms with Crippen LogP contribution in [0.3, 0.4) is 0 Å². The maximum absolute atomic E-state index is 13.3. The van der Waals surface area contributed by atoms with E-state index in [9.17, 15) is 18.0 Å². The van der Waals surface area contributed by atoms with E-state index in [1.165, 1.54) is 12.1 Å². The highest BCUT2D eigenvalue weighted by Crippen LogP contribution is 2.42. The zero-order chi connectivity index (χ0) is 24.9. The normalized spacial score (nSPS) is 18.1. The lowest BCUT2D eigenvalue weighted by Crippen LogP contribution is -2.28. The topological polar surface area (TPSA) is 60.3 Å². The molecule has 36 heavy (non-hydrogen) atoms. The molecule has 1 aliphatic carbocycles. The molecule has 2 aliphatic rings. The van der Waals surface area contributed by atoms with E-state index in [0.717, 1.165) is 36.2 Å². The van der Waals surface area contributed by atoms with Crippen molar-refractivity contribution in [3.05, 3.63) is 83.9 Å². The average Bonchev–Trinajstić information content (AvgIpc) is 3.47. The molecule has 184 valence electrons. The van der Waals surface area contributed by atoms with E-state index < -0.39 is 6.36 Å². The SMILES string of the molecule is O=C(c1ccc2c(c1)nc(C1CC1)n2-c1ccc(OC(F)(F)F)cc1)N1CCC(c2cccnc2)C1. The number of ether oxygens (including phenoxy) is 1.